The number of hydrogen-bond acceptors (Lipinski definition) is 6. The predicted octanol–water partition coefficient (Wildman–Crippen LogP) is 0.184. The summed E-state index contributed by atoms with van der Waals surface area (Å²) in [6.07, 6.45) is 1.24. The van der Waals surface area contributed by atoms with Gasteiger partial charge < -0.3 is 19.6 Å². The maximum absolute atomic E-state index is 2.61. The molecule has 0 spiro atoms. The van der Waals surface area contributed by atoms with Crippen molar-refractivity contribution < 1.29 is 0 Å². The summed E-state index contributed by atoms with van der Waals surface area (Å²) in [5.41, 5.74) is 0. The number of rotatable bonds is 15. The molecule has 6 heteroatoms. The molecule has 146 valence electrons. The molecule has 0 fully saturated rings. The number of hydrogen-bond donors (Lipinski definition) is 0. The summed E-state index contributed by atoms with van der Waals surface area (Å²) in [6.45, 7) is 10.3. The van der Waals surface area contributed by atoms with Gasteiger partial charge >= 0.3 is 0 Å². The summed E-state index contributed by atoms with van der Waals surface area (Å²) < 4.78 is 0. The van der Waals surface area contributed by atoms with Crippen LogP contribution in [0.5, 0.6) is 0 Å². The lowest BCUT2D eigenvalue weighted by molar-refractivity contribution is 0.149. The average Bonchev–Trinajstić information content (AvgIpc) is 2.45. The van der Waals surface area contributed by atoms with Crippen LogP contribution in [0.2, 0.25) is 0 Å². The Kier molecular flexibility index (Phi) is 13.8. The van der Waals surface area contributed by atoms with Gasteiger partial charge in [-0.25, -0.2) is 0 Å². The van der Waals surface area contributed by atoms with Crippen molar-refractivity contribution in [2.75, 3.05) is 115 Å². The second-order valence-corrected chi connectivity index (χ2v) is 7.94. The van der Waals surface area contributed by atoms with Crippen LogP contribution in [0.25, 0.3) is 0 Å². The molecule has 0 bridgehead atoms. The van der Waals surface area contributed by atoms with Crippen LogP contribution >= 0.6 is 0 Å². The van der Waals surface area contributed by atoms with Crippen LogP contribution in [0.4, 0.5) is 0 Å². The van der Waals surface area contributed by atoms with E-state index in [1.807, 2.05) is 0 Å². The highest BCUT2D eigenvalue weighted by Gasteiger charge is 2.10. The van der Waals surface area contributed by atoms with E-state index < -0.39 is 0 Å². The third-order valence-corrected chi connectivity index (χ3v) is 4.02. The first-order valence-electron chi connectivity index (χ1n) is 9.24. The second-order valence-electron chi connectivity index (χ2n) is 7.94. The van der Waals surface area contributed by atoms with Crippen LogP contribution in [-0.2, 0) is 0 Å². The van der Waals surface area contributed by atoms with E-state index in [1.54, 1.807) is 0 Å². The standard InChI is InChI=1S/C18H44N6/c1-19(2)12-15-23(16-13-20(3)4)10-9-11-24(18-22(7)8)17-14-21(5)6/h9-18H2,1-8H3. The Morgan fingerprint density at radius 3 is 1.12 bits per heavy atom. The maximum atomic E-state index is 2.61. The highest BCUT2D eigenvalue weighted by molar-refractivity contribution is 4.65. The zero-order valence-corrected chi connectivity index (χ0v) is 17.8. The van der Waals surface area contributed by atoms with Gasteiger partial charge in [0.25, 0.3) is 0 Å². The molecule has 0 heterocycles. The minimum absolute atomic E-state index is 1.04. The first-order chi connectivity index (χ1) is 11.2. The summed E-state index contributed by atoms with van der Waals surface area (Å²) in [6, 6.07) is 0. The Morgan fingerprint density at radius 1 is 0.375 bits per heavy atom. The predicted molar refractivity (Wildman–Crippen MR) is 107 cm³/mol. The largest absolute Gasteiger partial charge is 0.308 e. The molecular formula is C18H44N6. The number of nitrogens with zero attached hydrogens (tertiary/aromatic N) is 6. The summed E-state index contributed by atoms with van der Waals surface area (Å²) in [5.74, 6) is 0. The monoisotopic (exact) mass is 344 g/mol. The molecule has 0 radical (unpaired) electrons. The molecule has 0 atom stereocenters. The van der Waals surface area contributed by atoms with Crippen molar-refractivity contribution in [2.24, 2.45) is 0 Å². The fourth-order valence-corrected chi connectivity index (χ4v) is 2.53. The van der Waals surface area contributed by atoms with E-state index in [-0.39, 0.29) is 0 Å². The van der Waals surface area contributed by atoms with E-state index in [9.17, 15) is 0 Å². The van der Waals surface area contributed by atoms with E-state index in [1.165, 1.54) is 19.5 Å². The first-order valence-corrected chi connectivity index (χ1v) is 9.24. The third-order valence-electron chi connectivity index (χ3n) is 4.02. The van der Waals surface area contributed by atoms with Gasteiger partial charge in [-0.15, -0.1) is 0 Å². The van der Waals surface area contributed by atoms with E-state index >= 15 is 0 Å². The molecule has 0 unspecified atom stereocenters. The van der Waals surface area contributed by atoms with Crippen molar-refractivity contribution in [3.8, 4) is 0 Å². The van der Waals surface area contributed by atoms with Crippen molar-refractivity contribution in [1.29, 1.82) is 0 Å². The van der Waals surface area contributed by atoms with Gasteiger partial charge in [0.05, 0.1) is 6.67 Å². The SMILES string of the molecule is CN(C)CCN(CCCN(CCN(C)C)CN(C)C)CCN(C)C. The Balaban J connectivity index is 4.28. The molecule has 24 heavy (non-hydrogen) atoms. The van der Waals surface area contributed by atoms with Gasteiger partial charge in [0.2, 0.25) is 0 Å². The Morgan fingerprint density at radius 2 is 0.750 bits per heavy atom. The molecule has 0 aromatic heterocycles. The van der Waals surface area contributed by atoms with Crippen molar-refractivity contribution in [3.05, 3.63) is 0 Å². The summed E-state index contributed by atoms with van der Waals surface area (Å²) in [5, 5.41) is 0. The van der Waals surface area contributed by atoms with Gasteiger partial charge in [-0.3, -0.25) is 9.80 Å². The molecule has 0 N–H and O–H groups in total. The number of likely N-dealkylation sites (N-methyl/N-ethyl adjacent to an activating group) is 3. The normalized spacial score (nSPS) is 12.8. The van der Waals surface area contributed by atoms with E-state index in [0.717, 1.165) is 45.9 Å². The zero-order chi connectivity index (χ0) is 18.5. The zero-order valence-electron chi connectivity index (χ0n) is 17.8. The van der Waals surface area contributed by atoms with Crippen molar-refractivity contribution in [2.45, 2.75) is 6.42 Å². The van der Waals surface area contributed by atoms with E-state index in [4.69, 9.17) is 0 Å². The lowest BCUT2D eigenvalue weighted by Crippen LogP contribution is -2.41. The van der Waals surface area contributed by atoms with Gasteiger partial charge in [0, 0.05) is 45.8 Å². The average molecular weight is 345 g/mol. The smallest absolute Gasteiger partial charge is 0.0501 e. The highest BCUT2D eigenvalue weighted by Crippen LogP contribution is 1.98. The second kappa shape index (κ2) is 14.0. The summed E-state index contributed by atoms with van der Waals surface area (Å²) in [4.78, 5) is 14.3. The minimum atomic E-state index is 1.04. The molecule has 0 rings (SSSR count). The minimum Gasteiger partial charge on any atom is -0.308 e. The fraction of sp³-hybridized carbons (Fsp3) is 1.00. The summed E-state index contributed by atoms with van der Waals surface area (Å²) in [7, 11) is 17.2. The van der Waals surface area contributed by atoms with Gasteiger partial charge in [-0.1, -0.05) is 0 Å². The van der Waals surface area contributed by atoms with Gasteiger partial charge in [0.1, 0.15) is 0 Å². The molecule has 0 aromatic rings. The quantitative estimate of drug-likeness (QED) is 0.392. The van der Waals surface area contributed by atoms with Crippen LogP contribution in [0.3, 0.4) is 0 Å². The van der Waals surface area contributed by atoms with Crippen LogP contribution in [0.1, 0.15) is 6.42 Å². The van der Waals surface area contributed by atoms with Crippen LogP contribution < -0.4 is 0 Å². The highest BCUT2D eigenvalue weighted by atomic mass is 15.3. The fourth-order valence-electron chi connectivity index (χ4n) is 2.53. The first kappa shape index (κ1) is 23.8. The van der Waals surface area contributed by atoms with Crippen molar-refractivity contribution >= 4 is 0 Å². The van der Waals surface area contributed by atoms with Gasteiger partial charge in [-0.2, -0.15) is 0 Å². The van der Waals surface area contributed by atoms with Crippen molar-refractivity contribution in [1.82, 2.24) is 29.4 Å². The molecule has 0 aliphatic rings. The molecule has 0 saturated heterocycles. The maximum Gasteiger partial charge on any atom is 0.0501 e. The molecule has 0 amide bonds. The third kappa shape index (κ3) is 15.3. The lowest BCUT2D eigenvalue weighted by Gasteiger charge is -2.29. The lowest BCUT2D eigenvalue weighted by atomic mass is 10.3. The van der Waals surface area contributed by atoms with Gasteiger partial charge in [0.15, 0.2) is 0 Å². The van der Waals surface area contributed by atoms with E-state index in [0.29, 0.717) is 0 Å². The molecule has 0 aliphatic heterocycles. The molecule has 6 nitrogen and oxygen atoms in total. The molecular weight excluding hydrogens is 300 g/mol. The van der Waals surface area contributed by atoms with Gasteiger partial charge in [-0.05, 0) is 69.3 Å². The molecule has 0 aliphatic carbocycles. The molecule has 0 saturated carbocycles. The van der Waals surface area contributed by atoms with Crippen LogP contribution in [0.15, 0.2) is 0 Å². The Bertz CT molecular complexity index is 269. The van der Waals surface area contributed by atoms with Crippen molar-refractivity contribution in [3.63, 3.8) is 0 Å². The van der Waals surface area contributed by atoms with Crippen LogP contribution in [-0.4, -0.2) is 145 Å². The summed E-state index contributed by atoms with van der Waals surface area (Å²) >= 11 is 0. The Labute approximate surface area is 152 Å². The Hall–Kier alpha value is -0.240. The topological polar surface area (TPSA) is 19.4 Å². The van der Waals surface area contributed by atoms with E-state index in [2.05, 4.69) is 85.8 Å². The van der Waals surface area contributed by atoms with Crippen LogP contribution in [0, 0.1) is 0 Å². The molecule has 0 aromatic carbocycles.